The molecule has 3 heteroatoms. The van der Waals surface area contributed by atoms with E-state index in [1.54, 1.807) is 18.2 Å². The molecule has 16 heavy (non-hydrogen) atoms. The van der Waals surface area contributed by atoms with E-state index in [0.717, 1.165) is 22.4 Å². The van der Waals surface area contributed by atoms with Gasteiger partial charge in [-0.1, -0.05) is 30.3 Å². The maximum Gasteiger partial charge on any atom is 0.328 e. The molecule has 0 aliphatic carbocycles. The van der Waals surface area contributed by atoms with Crippen LogP contribution in [0.5, 0.6) is 5.75 Å². The van der Waals surface area contributed by atoms with Crippen molar-refractivity contribution in [1.82, 2.24) is 0 Å². The number of hydrogen-bond acceptors (Lipinski definition) is 2. The molecule has 0 atom stereocenters. The molecule has 0 fully saturated rings. The smallest absolute Gasteiger partial charge is 0.328 e. The number of fused-ring (bicyclic) bond motifs is 1. The Morgan fingerprint density at radius 3 is 2.44 bits per heavy atom. The van der Waals surface area contributed by atoms with Crippen molar-refractivity contribution in [3.63, 3.8) is 0 Å². The van der Waals surface area contributed by atoms with E-state index in [1.165, 1.54) is 6.08 Å². The molecule has 0 aromatic heterocycles. The largest absolute Gasteiger partial charge is 0.507 e. The van der Waals surface area contributed by atoms with Gasteiger partial charge in [-0.25, -0.2) is 4.79 Å². The van der Waals surface area contributed by atoms with E-state index in [1.807, 2.05) is 18.2 Å². The summed E-state index contributed by atoms with van der Waals surface area (Å²) in [6, 6.07) is 10.6. The molecule has 0 saturated carbocycles. The van der Waals surface area contributed by atoms with Crippen LogP contribution in [0.3, 0.4) is 0 Å². The van der Waals surface area contributed by atoms with E-state index in [2.05, 4.69) is 0 Å². The van der Waals surface area contributed by atoms with Crippen LogP contribution in [0.15, 0.2) is 42.5 Å². The van der Waals surface area contributed by atoms with Crippen molar-refractivity contribution in [2.75, 3.05) is 0 Å². The number of benzene rings is 2. The number of phenolic OH excluding ortho intramolecular Hbond substituents is 1. The van der Waals surface area contributed by atoms with Crippen molar-refractivity contribution in [2.24, 2.45) is 0 Å². The fourth-order valence-electron chi connectivity index (χ4n) is 1.61. The molecule has 0 heterocycles. The van der Waals surface area contributed by atoms with Crippen LogP contribution in [0.2, 0.25) is 0 Å². The lowest BCUT2D eigenvalue weighted by Gasteiger charge is -2.03. The minimum Gasteiger partial charge on any atom is -0.507 e. The standard InChI is InChI=1S/C13H10O3/c14-12-7-5-9(6-8-13(15)16)10-3-1-2-4-11(10)12/h1-8,14H,(H,15,16)/b8-6+. The molecule has 0 aliphatic rings. The molecule has 0 bridgehead atoms. The average Bonchev–Trinajstić information content (AvgIpc) is 2.28. The summed E-state index contributed by atoms with van der Waals surface area (Å²) in [7, 11) is 0. The maximum atomic E-state index is 10.4. The Morgan fingerprint density at radius 1 is 1.06 bits per heavy atom. The van der Waals surface area contributed by atoms with Gasteiger partial charge >= 0.3 is 5.97 Å². The number of carboxylic acid groups (broad SMARTS) is 1. The average molecular weight is 214 g/mol. The Bertz CT molecular complexity index is 570. The second kappa shape index (κ2) is 4.06. The number of rotatable bonds is 2. The maximum absolute atomic E-state index is 10.4. The van der Waals surface area contributed by atoms with Gasteiger partial charge in [0.25, 0.3) is 0 Å². The summed E-state index contributed by atoms with van der Waals surface area (Å²) in [6.07, 6.45) is 2.60. The van der Waals surface area contributed by atoms with Crippen LogP contribution in [-0.2, 0) is 4.79 Å². The van der Waals surface area contributed by atoms with Crippen LogP contribution in [0.25, 0.3) is 16.8 Å². The van der Waals surface area contributed by atoms with Gasteiger partial charge in [-0.2, -0.15) is 0 Å². The van der Waals surface area contributed by atoms with Crippen molar-refractivity contribution in [1.29, 1.82) is 0 Å². The first kappa shape index (κ1) is 10.2. The summed E-state index contributed by atoms with van der Waals surface area (Å²) >= 11 is 0. The molecule has 2 aromatic carbocycles. The summed E-state index contributed by atoms with van der Waals surface area (Å²) in [4.78, 5) is 10.4. The minimum absolute atomic E-state index is 0.197. The van der Waals surface area contributed by atoms with Crippen LogP contribution in [0.4, 0.5) is 0 Å². The first-order valence-electron chi connectivity index (χ1n) is 4.80. The van der Waals surface area contributed by atoms with Crippen LogP contribution >= 0.6 is 0 Å². The van der Waals surface area contributed by atoms with E-state index in [0.29, 0.717) is 0 Å². The summed E-state index contributed by atoms with van der Waals surface area (Å²) in [5, 5.41) is 19.7. The molecular weight excluding hydrogens is 204 g/mol. The first-order valence-corrected chi connectivity index (χ1v) is 4.80. The lowest BCUT2D eigenvalue weighted by Crippen LogP contribution is -1.86. The zero-order valence-electron chi connectivity index (χ0n) is 8.42. The number of carbonyl (C=O) groups is 1. The highest BCUT2D eigenvalue weighted by molar-refractivity contribution is 5.97. The third kappa shape index (κ3) is 1.88. The lowest BCUT2D eigenvalue weighted by atomic mass is 10.0. The molecule has 2 rings (SSSR count). The van der Waals surface area contributed by atoms with Gasteiger partial charge < -0.3 is 10.2 Å². The number of phenols is 1. The molecular formula is C13H10O3. The van der Waals surface area contributed by atoms with Gasteiger partial charge in [-0.05, 0) is 23.1 Å². The summed E-state index contributed by atoms with van der Waals surface area (Å²) in [5.74, 6) is -0.791. The predicted octanol–water partition coefficient (Wildman–Crippen LogP) is 2.64. The molecule has 80 valence electrons. The minimum atomic E-state index is -0.989. The molecule has 2 N–H and O–H groups in total. The van der Waals surface area contributed by atoms with Gasteiger partial charge in [0.1, 0.15) is 5.75 Å². The molecule has 0 amide bonds. The van der Waals surface area contributed by atoms with Gasteiger partial charge in [0.05, 0.1) is 0 Å². The van der Waals surface area contributed by atoms with Crippen molar-refractivity contribution in [2.45, 2.75) is 0 Å². The van der Waals surface area contributed by atoms with E-state index in [4.69, 9.17) is 5.11 Å². The van der Waals surface area contributed by atoms with Crippen LogP contribution in [0.1, 0.15) is 5.56 Å². The Kier molecular flexibility index (Phi) is 2.60. The number of aromatic hydroxyl groups is 1. The van der Waals surface area contributed by atoms with Crippen LogP contribution in [-0.4, -0.2) is 16.2 Å². The SMILES string of the molecule is O=C(O)/C=C/c1ccc(O)c2ccccc12. The highest BCUT2D eigenvalue weighted by Crippen LogP contribution is 2.27. The monoisotopic (exact) mass is 214 g/mol. The van der Waals surface area contributed by atoms with Crippen molar-refractivity contribution in [3.05, 3.63) is 48.0 Å². The molecule has 0 spiro atoms. The Hall–Kier alpha value is -2.29. The van der Waals surface area contributed by atoms with Gasteiger partial charge in [0.15, 0.2) is 0 Å². The number of aliphatic carboxylic acids is 1. The molecule has 0 unspecified atom stereocenters. The fourth-order valence-corrected chi connectivity index (χ4v) is 1.61. The van der Waals surface area contributed by atoms with Gasteiger partial charge in [0, 0.05) is 11.5 Å². The molecule has 0 aliphatic heterocycles. The van der Waals surface area contributed by atoms with Crippen molar-refractivity contribution >= 4 is 22.8 Å². The first-order chi connectivity index (χ1) is 7.68. The molecule has 3 nitrogen and oxygen atoms in total. The second-order valence-corrected chi connectivity index (χ2v) is 3.39. The van der Waals surface area contributed by atoms with E-state index < -0.39 is 5.97 Å². The molecule has 0 radical (unpaired) electrons. The predicted molar refractivity (Wildman–Crippen MR) is 62.3 cm³/mol. The summed E-state index contributed by atoms with van der Waals surface area (Å²) in [6.45, 7) is 0. The van der Waals surface area contributed by atoms with E-state index in [-0.39, 0.29) is 5.75 Å². The van der Waals surface area contributed by atoms with Crippen molar-refractivity contribution in [3.8, 4) is 5.75 Å². The van der Waals surface area contributed by atoms with Gasteiger partial charge in [-0.15, -0.1) is 0 Å². The Labute approximate surface area is 92.3 Å². The quantitative estimate of drug-likeness (QED) is 0.755. The topological polar surface area (TPSA) is 57.5 Å². The molecule has 0 saturated heterocycles. The zero-order valence-corrected chi connectivity index (χ0v) is 8.42. The highest BCUT2D eigenvalue weighted by atomic mass is 16.4. The Balaban J connectivity index is 2.63. The summed E-state index contributed by atoms with van der Waals surface area (Å²) < 4.78 is 0. The fraction of sp³-hybridized carbons (Fsp3) is 0. The lowest BCUT2D eigenvalue weighted by molar-refractivity contribution is -0.131. The number of hydrogen-bond donors (Lipinski definition) is 2. The van der Waals surface area contributed by atoms with Crippen LogP contribution in [0, 0.1) is 0 Å². The highest BCUT2D eigenvalue weighted by Gasteiger charge is 2.02. The third-order valence-electron chi connectivity index (χ3n) is 2.34. The Morgan fingerprint density at radius 2 is 1.75 bits per heavy atom. The van der Waals surface area contributed by atoms with Crippen LogP contribution < -0.4 is 0 Å². The zero-order chi connectivity index (χ0) is 11.5. The van der Waals surface area contributed by atoms with E-state index in [9.17, 15) is 9.90 Å². The van der Waals surface area contributed by atoms with E-state index >= 15 is 0 Å². The molecule has 2 aromatic rings. The van der Waals surface area contributed by atoms with Gasteiger partial charge in [0.2, 0.25) is 0 Å². The second-order valence-electron chi connectivity index (χ2n) is 3.39. The summed E-state index contributed by atoms with van der Waals surface area (Å²) in [5.41, 5.74) is 0.774. The van der Waals surface area contributed by atoms with Crippen molar-refractivity contribution < 1.29 is 15.0 Å². The third-order valence-corrected chi connectivity index (χ3v) is 2.34. The van der Waals surface area contributed by atoms with Gasteiger partial charge in [-0.3, -0.25) is 0 Å². The number of carboxylic acids is 1. The normalized spacial score (nSPS) is 11.0.